The van der Waals surface area contributed by atoms with Crippen molar-refractivity contribution >= 4 is 11.9 Å². The first-order valence-corrected chi connectivity index (χ1v) is 9.01. The minimum atomic E-state index is -0.813. The standard InChI is InChI=1S/C19H26N2O4/c1-2-25-17-6-4-3-5-14(17)9-18(22)20-16-11-21(12-19(23)24)10-15(16)13-7-8-13/h3-6,13,15-16H,2,7-12H2,1H3,(H,20,22)(H,23,24)/t15-,16+/m1/s1. The van der Waals surface area contributed by atoms with Crippen LogP contribution in [0.25, 0.3) is 0 Å². The number of para-hydroxylation sites is 1. The van der Waals surface area contributed by atoms with E-state index in [1.54, 1.807) is 0 Å². The number of benzene rings is 1. The van der Waals surface area contributed by atoms with E-state index in [4.69, 9.17) is 9.84 Å². The van der Waals surface area contributed by atoms with Gasteiger partial charge in [-0.1, -0.05) is 18.2 Å². The maximum atomic E-state index is 12.5. The molecule has 1 aromatic carbocycles. The van der Waals surface area contributed by atoms with Crippen LogP contribution in [0.15, 0.2) is 24.3 Å². The Bertz CT molecular complexity index is 630. The molecule has 2 aliphatic rings. The summed E-state index contributed by atoms with van der Waals surface area (Å²) in [5, 5.41) is 12.2. The fourth-order valence-corrected chi connectivity index (χ4v) is 3.77. The van der Waals surface area contributed by atoms with Gasteiger partial charge in [-0.25, -0.2) is 0 Å². The van der Waals surface area contributed by atoms with Crippen molar-refractivity contribution in [3.05, 3.63) is 29.8 Å². The second kappa shape index (κ2) is 7.87. The largest absolute Gasteiger partial charge is 0.494 e. The van der Waals surface area contributed by atoms with Crippen molar-refractivity contribution in [3.8, 4) is 5.75 Å². The maximum absolute atomic E-state index is 12.5. The van der Waals surface area contributed by atoms with Crippen LogP contribution in [0.5, 0.6) is 5.75 Å². The highest BCUT2D eigenvalue weighted by Crippen LogP contribution is 2.41. The first-order chi connectivity index (χ1) is 12.1. The highest BCUT2D eigenvalue weighted by atomic mass is 16.5. The van der Waals surface area contributed by atoms with E-state index in [1.165, 1.54) is 12.8 Å². The van der Waals surface area contributed by atoms with Gasteiger partial charge in [0.25, 0.3) is 0 Å². The molecule has 1 heterocycles. The molecule has 2 atom stereocenters. The lowest BCUT2D eigenvalue weighted by Gasteiger charge is -2.20. The van der Waals surface area contributed by atoms with Gasteiger partial charge in [0.1, 0.15) is 5.75 Å². The van der Waals surface area contributed by atoms with E-state index in [0.29, 0.717) is 25.0 Å². The lowest BCUT2D eigenvalue weighted by Crippen LogP contribution is -2.42. The van der Waals surface area contributed by atoms with Gasteiger partial charge in [0.15, 0.2) is 0 Å². The molecule has 1 saturated heterocycles. The summed E-state index contributed by atoms with van der Waals surface area (Å²) in [4.78, 5) is 25.4. The molecule has 0 radical (unpaired) electrons. The van der Waals surface area contributed by atoms with E-state index in [-0.39, 0.29) is 24.9 Å². The quantitative estimate of drug-likeness (QED) is 0.746. The number of hydrogen-bond acceptors (Lipinski definition) is 4. The molecule has 0 spiro atoms. The van der Waals surface area contributed by atoms with Gasteiger partial charge in [-0.3, -0.25) is 14.5 Å². The number of carbonyl (C=O) groups excluding carboxylic acids is 1. The maximum Gasteiger partial charge on any atom is 0.317 e. The number of nitrogens with one attached hydrogen (secondary N) is 1. The van der Waals surface area contributed by atoms with Crippen LogP contribution >= 0.6 is 0 Å². The molecule has 2 N–H and O–H groups in total. The number of rotatable bonds is 8. The predicted molar refractivity (Wildman–Crippen MR) is 93.5 cm³/mol. The van der Waals surface area contributed by atoms with Crippen LogP contribution in [0, 0.1) is 11.8 Å². The third-order valence-electron chi connectivity index (χ3n) is 5.00. The lowest BCUT2D eigenvalue weighted by molar-refractivity contribution is -0.138. The van der Waals surface area contributed by atoms with E-state index < -0.39 is 5.97 Å². The predicted octanol–water partition coefficient (Wildman–Crippen LogP) is 1.54. The van der Waals surface area contributed by atoms with Gasteiger partial charge in [-0.2, -0.15) is 0 Å². The molecule has 0 bridgehead atoms. The molecule has 25 heavy (non-hydrogen) atoms. The monoisotopic (exact) mass is 346 g/mol. The van der Waals surface area contributed by atoms with Crippen molar-refractivity contribution in [2.24, 2.45) is 11.8 Å². The van der Waals surface area contributed by atoms with Crippen LogP contribution in [0.3, 0.4) is 0 Å². The van der Waals surface area contributed by atoms with Crippen molar-refractivity contribution in [2.75, 3.05) is 26.2 Å². The highest BCUT2D eigenvalue weighted by Gasteiger charge is 2.43. The molecular formula is C19H26N2O4. The van der Waals surface area contributed by atoms with E-state index in [2.05, 4.69) is 5.32 Å². The third kappa shape index (κ3) is 4.72. The number of amides is 1. The molecule has 6 nitrogen and oxygen atoms in total. The van der Waals surface area contributed by atoms with E-state index >= 15 is 0 Å². The second-order valence-corrected chi connectivity index (χ2v) is 6.98. The smallest absolute Gasteiger partial charge is 0.317 e. The summed E-state index contributed by atoms with van der Waals surface area (Å²) < 4.78 is 5.58. The van der Waals surface area contributed by atoms with Crippen LogP contribution in [0.4, 0.5) is 0 Å². The van der Waals surface area contributed by atoms with Crippen LogP contribution in [0.1, 0.15) is 25.3 Å². The zero-order chi connectivity index (χ0) is 17.8. The Kier molecular flexibility index (Phi) is 5.58. The Labute approximate surface area is 148 Å². The Hall–Kier alpha value is -2.08. The average molecular weight is 346 g/mol. The fraction of sp³-hybridized carbons (Fsp3) is 0.579. The summed E-state index contributed by atoms with van der Waals surface area (Å²) in [6.07, 6.45) is 2.65. The van der Waals surface area contributed by atoms with Gasteiger partial charge in [0.05, 0.1) is 19.6 Å². The molecule has 1 aromatic rings. The molecule has 136 valence electrons. The van der Waals surface area contributed by atoms with Crippen LogP contribution < -0.4 is 10.1 Å². The van der Waals surface area contributed by atoms with Crippen LogP contribution in [0.2, 0.25) is 0 Å². The highest BCUT2D eigenvalue weighted by molar-refractivity contribution is 5.79. The van der Waals surface area contributed by atoms with E-state index in [9.17, 15) is 9.59 Å². The fourth-order valence-electron chi connectivity index (χ4n) is 3.77. The zero-order valence-corrected chi connectivity index (χ0v) is 14.6. The molecular weight excluding hydrogens is 320 g/mol. The van der Waals surface area contributed by atoms with Crippen LogP contribution in [-0.2, 0) is 16.0 Å². The van der Waals surface area contributed by atoms with Crippen molar-refractivity contribution in [3.63, 3.8) is 0 Å². The minimum absolute atomic E-state index is 0.0278. The van der Waals surface area contributed by atoms with Crippen molar-refractivity contribution < 1.29 is 19.4 Å². The first kappa shape index (κ1) is 17.7. The Morgan fingerprint density at radius 2 is 2.04 bits per heavy atom. The molecule has 1 saturated carbocycles. The normalized spacial score (nSPS) is 23.4. The number of carboxylic acid groups (broad SMARTS) is 1. The van der Waals surface area contributed by atoms with Crippen molar-refractivity contribution in [2.45, 2.75) is 32.2 Å². The molecule has 3 rings (SSSR count). The van der Waals surface area contributed by atoms with Gasteiger partial charge >= 0.3 is 5.97 Å². The van der Waals surface area contributed by atoms with E-state index in [0.717, 1.165) is 17.9 Å². The van der Waals surface area contributed by atoms with Gasteiger partial charge in [-0.05, 0) is 37.7 Å². The average Bonchev–Trinajstić information content (AvgIpc) is 3.32. The molecule has 6 heteroatoms. The van der Waals surface area contributed by atoms with Gasteiger partial charge < -0.3 is 15.2 Å². The van der Waals surface area contributed by atoms with E-state index in [1.807, 2.05) is 36.1 Å². The van der Waals surface area contributed by atoms with Crippen molar-refractivity contribution in [1.82, 2.24) is 10.2 Å². The first-order valence-electron chi connectivity index (χ1n) is 9.01. The summed E-state index contributed by atoms with van der Waals surface area (Å²) in [6, 6.07) is 7.63. The zero-order valence-electron chi connectivity index (χ0n) is 14.6. The number of ether oxygens (including phenoxy) is 1. The number of hydrogen-bond donors (Lipinski definition) is 2. The van der Waals surface area contributed by atoms with Crippen molar-refractivity contribution in [1.29, 1.82) is 0 Å². The van der Waals surface area contributed by atoms with Gasteiger partial charge in [-0.15, -0.1) is 0 Å². The number of carbonyl (C=O) groups is 2. The molecule has 1 aliphatic heterocycles. The number of carboxylic acids is 1. The summed E-state index contributed by atoms with van der Waals surface area (Å²) in [6.45, 7) is 3.91. The molecule has 2 fully saturated rings. The minimum Gasteiger partial charge on any atom is -0.494 e. The number of aliphatic carboxylic acids is 1. The Morgan fingerprint density at radius 3 is 2.72 bits per heavy atom. The molecule has 0 aromatic heterocycles. The van der Waals surface area contributed by atoms with Gasteiger partial charge in [0.2, 0.25) is 5.91 Å². The summed E-state index contributed by atoms with van der Waals surface area (Å²) in [5.74, 6) is 0.898. The third-order valence-corrected chi connectivity index (χ3v) is 5.00. The summed E-state index contributed by atoms with van der Waals surface area (Å²) in [7, 11) is 0. The molecule has 1 aliphatic carbocycles. The Morgan fingerprint density at radius 1 is 1.28 bits per heavy atom. The lowest BCUT2D eigenvalue weighted by atomic mass is 9.98. The SMILES string of the molecule is CCOc1ccccc1CC(=O)N[C@H]1CN(CC(=O)O)C[C@@H]1C1CC1. The summed E-state index contributed by atoms with van der Waals surface area (Å²) in [5.41, 5.74) is 0.880. The van der Waals surface area contributed by atoms with Crippen LogP contribution in [-0.4, -0.2) is 54.2 Å². The topological polar surface area (TPSA) is 78.9 Å². The number of likely N-dealkylation sites (tertiary alicyclic amines) is 1. The number of nitrogens with zero attached hydrogens (tertiary/aromatic N) is 1. The van der Waals surface area contributed by atoms with Gasteiger partial charge in [0, 0.05) is 24.7 Å². The Balaban J connectivity index is 1.60. The molecule has 1 amide bonds. The summed E-state index contributed by atoms with van der Waals surface area (Å²) >= 11 is 0. The molecule has 0 unspecified atom stereocenters. The second-order valence-electron chi connectivity index (χ2n) is 6.98.